The molecule has 1 rings (SSSR count). The Kier molecular flexibility index (Phi) is 4.98. The molecule has 0 atom stereocenters. The first-order chi connectivity index (χ1) is 7.27. The Morgan fingerprint density at radius 3 is 2.60 bits per heavy atom. The lowest BCUT2D eigenvalue weighted by Crippen LogP contribution is -1.97. The molecule has 0 bridgehead atoms. The first kappa shape index (κ1) is 11.9. The van der Waals surface area contributed by atoms with Gasteiger partial charge in [0.15, 0.2) is 5.17 Å². The third-order valence-electron chi connectivity index (χ3n) is 1.95. The van der Waals surface area contributed by atoms with Gasteiger partial charge in [-0.05, 0) is 30.7 Å². The van der Waals surface area contributed by atoms with Crippen LogP contribution in [-0.2, 0) is 0 Å². The molecule has 0 spiro atoms. The molecule has 0 fully saturated rings. The molecule has 0 saturated heterocycles. The second kappa shape index (κ2) is 6.30. The molecule has 1 aromatic carbocycles. The van der Waals surface area contributed by atoms with E-state index in [0.29, 0.717) is 5.56 Å². The standard InChI is InChI=1S/C11H14ClNO2/c1-2-3-8-15-10-6-4-9(5-7-10)11(12)13-14/h4-7,14H,2-3,8H2,1H3. The van der Waals surface area contributed by atoms with Crippen molar-refractivity contribution in [2.75, 3.05) is 6.61 Å². The van der Waals surface area contributed by atoms with Crippen molar-refractivity contribution in [2.45, 2.75) is 19.8 Å². The van der Waals surface area contributed by atoms with Gasteiger partial charge in [-0.3, -0.25) is 0 Å². The van der Waals surface area contributed by atoms with Gasteiger partial charge in [0.25, 0.3) is 0 Å². The van der Waals surface area contributed by atoms with Crippen molar-refractivity contribution in [3.05, 3.63) is 29.8 Å². The zero-order valence-electron chi connectivity index (χ0n) is 8.61. The van der Waals surface area contributed by atoms with Crippen LogP contribution in [0.5, 0.6) is 5.75 Å². The number of hydrogen-bond donors (Lipinski definition) is 1. The summed E-state index contributed by atoms with van der Waals surface area (Å²) in [7, 11) is 0. The minimum Gasteiger partial charge on any atom is -0.494 e. The highest BCUT2D eigenvalue weighted by atomic mass is 35.5. The van der Waals surface area contributed by atoms with Gasteiger partial charge in [0.2, 0.25) is 0 Å². The number of benzene rings is 1. The van der Waals surface area contributed by atoms with Crippen LogP contribution in [0.1, 0.15) is 25.3 Å². The summed E-state index contributed by atoms with van der Waals surface area (Å²) < 4.78 is 5.47. The van der Waals surface area contributed by atoms with E-state index in [2.05, 4.69) is 12.1 Å². The molecule has 0 unspecified atom stereocenters. The van der Waals surface area contributed by atoms with Crippen LogP contribution in [0, 0.1) is 0 Å². The lowest BCUT2D eigenvalue weighted by molar-refractivity contribution is 0.309. The van der Waals surface area contributed by atoms with Gasteiger partial charge in [0, 0.05) is 5.56 Å². The topological polar surface area (TPSA) is 41.8 Å². The summed E-state index contributed by atoms with van der Waals surface area (Å²) in [5.74, 6) is 0.801. The van der Waals surface area contributed by atoms with Gasteiger partial charge < -0.3 is 9.94 Å². The van der Waals surface area contributed by atoms with Gasteiger partial charge in [0.1, 0.15) is 5.75 Å². The van der Waals surface area contributed by atoms with Crippen LogP contribution in [0.3, 0.4) is 0 Å². The van der Waals surface area contributed by atoms with E-state index in [-0.39, 0.29) is 5.17 Å². The van der Waals surface area contributed by atoms with Crippen molar-refractivity contribution < 1.29 is 9.94 Å². The zero-order valence-corrected chi connectivity index (χ0v) is 9.37. The average molecular weight is 228 g/mol. The number of halogens is 1. The molecule has 1 N–H and O–H groups in total. The van der Waals surface area contributed by atoms with E-state index in [1.807, 2.05) is 0 Å². The fraction of sp³-hybridized carbons (Fsp3) is 0.364. The maximum atomic E-state index is 8.46. The Balaban J connectivity index is 2.56. The number of oxime groups is 1. The van der Waals surface area contributed by atoms with Crippen molar-refractivity contribution in [2.24, 2.45) is 5.16 Å². The molecule has 0 aromatic heterocycles. The van der Waals surface area contributed by atoms with E-state index in [0.717, 1.165) is 25.2 Å². The van der Waals surface area contributed by atoms with E-state index < -0.39 is 0 Å². The molecule has 82 valence electrons. The van der Waals surface area contributed by atoms with E-state index >= 15 is 0 Å². The molecule has 0 radical (unpaired) electrons. The van der Waals surface area contributed by atoms with Crippen LogP contribution >= 0.6 is 11.6 Å². The quantitative estimate of drug-likeness (QED) is 0.363. The van der Waals surface area contributed by atoms with Crippen molar-refractivity contribution in [3.63, 3.8) is 0 Å². The minimum absolute atomic E-state index is 0.0788. The smallest absolute Gasteiger partial charge is 0.175 e. The van der Waals surface area contributed by atoms with E-state index in [1.54, 1.807) is 24.3 Å². The average Bonchev–Trinajstić information content (AvgIpc) is 2.29. The number of nitrogens with zero attached hydrogens (tertiary/aromatic N) is 1. The van der Waals surface area contributed by atoms with Crippen LogP contribution in [-0.4, -0.2) is 17.0 Å². The summed E-state index contributed by atoms with van der Waals surface area (Å²) in [4.78, 5) is 0. The van der Waals surface area contributed by atoms with Gasteiger partial charge in [-0.15, -0.1) is 0 Å². The normalized spacial score (nSPS) is 11.5. The molecular formula is C11H14ClNO2. The molecule has 0 aliphatic carbocycles. The fourth-order valence-electron chi connectivity index (χ4n) is 1.08. The highest BCUT2D eigenvalue weighted by Crippen LogP contribution is 2.14. The lowest BCUT2D eigenvalue weighted by Gasteiger charge is -2.05. The minimum atomic E-state index is 0.0788. The molecule has 0 saturated carbocycles. The number of rotatable bonds is 5. The Labute approximate surface area is 94.3 Å². The maximum Gasteiger partial charge on any atom is 0.175 e. The predicted octanol–water partition coefficient (Wildman–Crippen LogP) is 3.24. The second-order valence-electron chi connectivity index (χ2n) is 3.12. The molecule has 0 aliphatic rings. The van der Waals surface area contributed by atoms with Gasteiger partial charge in [0.05, 0.1) is 6.61 Å². The molecule has 0 amide bonds. The van der Waals surface area contributed by atoms with Crippen LogP contribution < -0.4 is 4.74 Å². The third-order valence-corrected chi connectivity index (χ3v) is 2.24. The van der Waals surface area contributed by atoms with Crippen LogP contribution in [0.4, 0.5) is 0 Å². The second-order valence-corrected chi connectivity index (χ2v) is 3.48. The van der Waals surface area contributed by atoms with Gasteiger partial charge >= 0.3 is 0 Å². The fourth-order valence-corrected chi connectivity index (χ4v) is 1.21. The monoisotopic (exact) mass is 227 g/mol. The number of ether oxygens (including phenoxy) is 1. The number of unbranched alkanes of at least 4 members (excludes halogenated alkanes) is 1. The van der Waals surface area contributed by atoms with Crippen molar-refractivity contribution in [1.29, 1.82) is 0 Å². The van der Waals surface area contributed by atoms with E-state index in [9.17, 15) is 0 Å². The van der Waals surface area contributed by atoms with Gasteiger partial charge in [-0.25, -0.2) is 0 Å². The van der Waals surface area contributed by atoms with Gasteiger partial charge in [-0.1, -0.05) is 30.1 Å². The molecule has 0 heterocycles. The SMILES string of the molecule is CCCCOc1ccc(C(Cl)=NO)cc1. The summed E-state index contributed by atoms with van der Waals surface area (Å²) in [5.41, 5.74) is 0.669. The highest BCUT2D eigenvalue weighted by molar-refractivity contribution is 6.69. The van der Waals surface area contributed by atoms with Gasteiger partial charge in [-0.2, -0.15) is 0 Å². The Hall–Kier alpha value is -1.22. The Morgan fingerprint density at radius 1 is 1.40 bits per heavy atom. The molecule has 3 nitrogen and oxygen atoms in total. The summed E-state index contributed by atoms with van der Waals surface area (Å²) in [5, 5.41) is 11.4. The van der Waals surface area contributed by atoms with Crippen LogP contribution in [0.25, 0.3) is 0 Å². The van der Waals surface area contributed by atoms with Crippen LogP contribution in [0.2, 0.25) is 0 Å². The summed E-state index contributed by atoms with van der Waals surface area (Å²) in [6.45, 7) is 2.83. The third kappa shape index (κ3) is 3.80. The van der Waals surface area contributed by atoms with Crippen molar-refractivity contribution >= 4 is 16.8 Å². The zero-order chi connectivity index (χ0) is 11.1. The molecule has 0 aliphatic heterocycles. The van der Waals surface area contributed by atoms with Crippen molar-refractivity contribution in [1.82, 2.24) is 0 Å². The molecular weight excluding hydrogens is 214 g/mol. The van der Waals surface area contributed by atoms with Crippen LogP contribution in [0.15, 0.2) is 29.4 Å². The van der Waals surface area contributed by atoms with E-state index in [1.165, 1.54) is 0 Å². The Bertz CT molecular complexity index is 322. The first-order valence-electron chi connectivity index (χ1n) is 4.88. The molecule has 15 heavy (non-hydrogen) atoms. The van der Waals surface area contributed by atoms with Crippen molar-refractivity contribution in [3.8, 4) is 5.75 Å². The molecule has 1 aromatic rings. The Morgan fingerprint density at radius 2 is 2.07 bits per heavy atom. The van der Waals surface area contributed by atoms with E-state index in [4.69, 9.17) is 21.5 Å². The highest BCUT2D eigenvalue weighted by Gasteiger charge is 2.00. The summed E-state index contributed by atoms with van der Waals surface area (Å²) in [6.07, 6.45) is 2.15. The summed E-state index contributed by atoms with van der Waals surface area (Å²) >= 11 is 5.63. The molecule has 4 heteroatoms. The lowest BCUT2D eigenvalue weighted by atomic mass is 10.2. The number of hydrogen-bond acceptors (Lipinski definition) is 3. The first-order valence-corrected chi connectivity index (χ1v) is 5.26. The largest absolute Gasteiger partial charge is 0.494 e. The summed E-state index contributed by atoms with van der Waals surface area (Å²) in [6, 6.07) is 7.11. The maximum absolute atomic E-state index is 8.46. The predicted molar refractivity (Wildman–Crippen MR) is 61.0 cm³/mol.